The second kappa shape index (κ2) is 7.47. The second-order valence-electron chi connectivity index (χ2n) is 6.06. The molecular formula is C18H26N2O. The Balaban J connectivity index is 1.74. The van der Waals surface area contributed by atoms with Gasteiger partial charge in [-0.15, -0.1) is 0 Å². The third kappa shape index (κ3) is 4.22. The standard InChI is InChI=1S/C18H26N2O/c1-3-18(4-2)10-12-20(15-18)13-14-21-17-7-5-16(6-8-17)9-11-19/h5-8H,3-4,9-10,12-15H2,1-2H3. The lowest BCUT2D eigenvalue weighted by molar-refractivity contribution is 0.204. The number of likely N-dealkylation sites (tertiary alicyclic amines) is 1. The summed E-state index contributed by atoms with van der Waals surface area (Å²) in [6.07, 6.45) is 4.34. The van der Waals surface area contributed by atoms with E-state index in [1.165, 1.54) is 32.4 Å². The van der Waals surface area contributed by atoms with Crippen LogP contribution in [0, 0.1) is 16.7 Å². The maximum atomic E-state index is 8.65. The highest BCUT2D eigenvalue weighted by Crippen LogP contribution is 2.36. The van der Waals surface area contributed by atoms with E-state index in [0.717, 1.165) is 24.5 Å². The lowest BCUT2D eigenvalue weighted by Gasteiger charge is -2.26. The Morgan fingerprint density at radius 1 is 1.24 bits per heavy atom. The molecule has 1 fully saturated rings. The third-order valence-corrected chi connectivity index (χ3v) is 4.90. The minimum Gasteiger partial charge on any atom is -0.492 e. The lowest BCUT2D eigenvalue weighted by Crippen LogP contribution is -2.29. The summed E-state index contributed by atoms with van der Waals surface area (Å²) in [4.78, 5) is 2.52. The third-order valence-electron chi connectivity index (χ3n) is 4.90. The van der Waals surface area contributed by atoms with Crippen LogP contribution in [0.25, 0.3) is 0 Å². The van der Waals surface area contributed by atoms with E-state index in [2.05, 4.69) is 24.8 Å². The molecule has 0 aromatic heterocycles. The topological polar surface area (TPSA) is 36.3 Å². The molecule has 0 radical (unpaired) electrons. The monoisotopic (exact) mass is 286 g/mol. The fraction of sp³-hybridized carbons (Fsp3) is 0.611. The minimum absolute atomic E-state index is 0.462. The van der Waals surface area contributed by atoms with Gasteiger partial charge in [-0.2, -0.15) is 5.26 Å². The molecule has 0 atom stereocenters. The minimum atomic E-state index is 0.462. The van der Waals surface area contributed by atoms with Crippen molar-refractivity contribution in [2.24, 2.45) is 5.41 Å². The van der Waals surface area contributed by atoms with Crippen molar-refractivity contribution in [2.45, 2.75) is 39.5 Å². The van der Waals surface area contributed by atoms with Gasteiger partial charge in [0, 0.05) is 13.1 Å². The summed E-state index contributed by atoms with van der Waals surface area (Å²) in [6.45, 7) is 8.78. The largest absolute Gasteiger partial charge is 0.492 e. The van der Waals surface area contributed by atoms with Crippen molar-refractivity contribution in [3.05, 3.63) is 29.8 Å². The van der Waals surface area contributed by atoms with Gasteiger partial charge in [0.2, 0.25) is 0 Å². The molecule has 0 N–H and O–H groups in total. The van der Waals surface area contributed by atoms with Crippen LogP contribution in [0.4, 0.5) is 0 Å². The van der Waals surface area contributed by atoms with Gasteiger partial charge in [-0.1, -0.05) is 26.0 Å². The molecule has 1 aromatic carbocycles. The van der Waals surface area contributed by atoms with Crippen LogP contribution in [0.15, 0.2) is 24.3 Å². The first-order valence-electron chi connectivity index (χ1n) is 8.02. The smallest absolute Gasteiger partial charge is 0.119 e. The molecule has 0 unspecified atom stereocenters. The van der Waals surface area contributed by atoms with Gasteiger partial charge in [0.25, 0.3) is 0 Å². The molecule has 0 saturated carbocycles. The normalized spacial score (nSPS) is 17.6. The summed E-state index contributed by atoms with van der Waals surface area (Å²) in [6, 6.07) is 10.0. The zero-order valence-electron chi connectivity index (χ0n) is 13.3. The van der Waals surface area contributed by atoms with E-state index >= 15 is 0 Å². The van der Waals surface area contributed by atoms with Crippen molar-refractivity contribution in [1.29, 1.82) is 5.26 Å². The van der Waals surface area contributed by atoms with Gasteiger partial charge >= 0.3 is 0 Å². The lowest BCUT2D eigenvalue weighted by atomic mass is 9.82. The maximum absolute atomic E-state index is 8.65. The molecule has 0 bridgehead atoms. The molecule has 1 heterocycles. The molecule has 114 valence electrons. The first-order valence-corrected chi connectivity index (χ1v) is 8.02. The van der Waals surface area contributed by atoms with E-state index in [4.69, 9.17) is 10.00 Å². The summed E-state index contributed by atoms with van der Waals surface area (Å²) in [5.41, 5.74) is 1.58. The molecule has 21 heavy (non-hydrogen) atoms. The summed E-state index contributed by atoms with van der Waals surface area (Å²) in [7, 11) is 0. The molecule has 1 aliphatic rings. The zero-order chi connectivity index (χ0) is 15.1. The maximum Gasteiger partial charge on any atom is 0.119 e. The number of nitrogens with zero attached hydrogens (tertiary/aromatic N) is 2. The molecule has 0 spiro atoms. The van der Waals surface area contributed by atoms with Crippen molar-refractivity contribution in [3.63, 3.8) is 0 Å². The van der Waals surface area contributed by atoms with Crippen LogP contribution in [0.1, 0.15) is 38.7 Å². The Labute approximate surface area is 128 Å². The molecule has 1 saturated heterocycles. The first kappa shape index (κ1) is 15.9. The van der Waals surface area contributed by atoms with Gasteiger partial charge in [-0.25, -0.2) is 0 Å². The first-order chi connectivity index (χ1) is 10.2. The van der Waals surface area contributed by atoms with Crippen LogP contribution in [-0.2, 0) is 6.42 Å². The van der Waals surface area contributed by atoms with Crippen molar-refractivity contribution in [2.75, 3.05) is 26.2 Å². The molecule has 1 aromatic rings. The number of rotatable bonds is 7. The summed E-state index contributed by atoms with van der Waals surface area (Å²) < 4.78 is 5.81. The van der Waals surface area contributed by atoms with Gasteiger partial charge < -0.3 is 4.74 Å². The summed E-state index contributed by atoms with van der Waals surface area (Å²) in [5, 5.41) is 8.65. The quantitative estimate of drug-likeness (QED) is 0.767. The summed E-state index contributed by atoms with van der Waals surface area (Å²) in [5.74, 6) is 0.896. The van der Waals surface area contributed by atoms with Crippen LogP contribution in [0.3, 0.4) is 0 Å². The highest BCUT2D eigenvalue weighted by atomic mass is 16.5. The van der Waals surface area contributed by atoms with Gasteiger partial charge in [-0.3, -0.25) is 4.90 Å². The van der Waals surface area contributed by atoms with Crippen molar-refractivity contribution in [1.82, 2.24) is 4.90 Å². The molecule has 1 aliphatic heterocycles. The fourth-order valence-electron chi connectivity index (χ4n) is 3.13. The summed E-state index contributed by atoms with van der Waals surface area (Å²) >= 11 is 0. The molecule has 0 amide bonds. The number of ether oxygens (including phenoxy) is 1. The Hall–Kier alpha value is -1.53. The molecule has 2 rings (SSSR count). The van der Waals surface area contributed by atoms with Crippen LogP contribution in [0.5, 0.6) is 5.75 Å². The van der Waals surface area contributed by atoms with E-state index in [1.54, 1.807) is 0 Å². The SMILES string of the molecule is CCC1(CC)CCN(CCOc2ccc(CC#N)cc2)C1. The average molecular weight is 286 g/mol. The van der Waals surface area contributed by atoms with Gasteiger partial charge in [0.15, 0.2) is 0 Å². The van der Waals surface area contributed by atoms with E-state index in [0.29, 0.717) is 11.8 Å². The number of hydrogen-bond donors (Lipinski definition) is 0. The van der Waals surface area contributed by atoms with Gasteiger partial charge in [-0.05, 0) is 48.9 Å². The molecule has 0 aliphatic carbocycles. The number of hydrogen-bond acceptors (Lipinski definition) is 3. The van der Waals surface area contributed by atoms with Gasteiger partial charge in [0.05, 0.1) is 12.5 Å². The second-order valence-corrected chi connectivity index (χ2v) is 6.06. The Morgan fingerprint density at radius 3 is 2.52 bits per heavy atom. The van der Waals surface area contributed by atoms with Crippen molar-refractivity contribution >= 4 is 0 Å². The molecule has 3 heteroatoms. The van der Waals surface area contributed by atoms with Crippen LogP contribution >= 0.6 is 0 Å². The van der Waals surface area contributed by atoms with Crippen LogP contribution in [0.2, 0.25) is 0 Å². The van der Waals surface area contributed by atoms with Gasteiger partial charge in [0.1, 0.15) is 12.4 Å². The Morgan fingerprint density at radius 2 is 1.95 bits per heavy atom. The fourth-order valence-corrected chi connectivity index (χ4v) is 3.13. The van der Waals surface area contributed by atoms with Crippen molar-refractivity contribution in [3.8, 4) is 11.8 Å². The van der Waals surface area contributed by atoms with E-state index in [9.17, 15) is 0 Å². The Bertz CT molecular complexity index is 471. The predicted molar refractivity (Wildman–Crippen MR) is 85.3 cm³/mol. The average Bonchev–Trinajstić information content (AvgIpc) is 2.94. The Kier molecular flexibility index (Phi) is 5.64. The van der Waals surface area contributed by atoms with E-state index in [1.807, 2.05) is 24.3 Å². The van der Waals surface area contributed by atoms with Crippen molar-refractivity contribution < 1.29 is 4.74 Å². The van der Waals surface area contributed by atoms with E-state index in [-0.39, 0.29) is 0 Å². The zero-order valence-corrected chi connectivity index (χ0v) is 13.3. The molecule has 3 nitrogen and oxygen atoms in total. The van der Waals surface area contributed by atoms with Crippen LogP contribution < -0.4 is 4.74 Å². The van der Waals surface area contributed by atoms with Crippen LogP contribution in [-0.4, -0.2) is 31.1 Å². The highest BCUT2D eigenvalue weighted by Gasteiger charge is 2.34. The number of nitriles is 1. The molecular weight excluding hydrogens is 260 g/mol. The predicted octanol–water partition coefficient (Wildman–Crippen LogP) is 3.64. The number of benzene rings is 1. The highest BCUT2D eigenvalue weighted by molar-refractivity contribution is 5.28. The van der Waals surface area contributed by atoms with E-state index < -0.39 is 0 Å².